The maximum atomic E-state index is 14.0. The van der Waals surface area contributed by atoms with E-state index in [0.717, 1.165) is 43.9 Å². The minimum absolute atomic E-state index is 0.0487. The summed E-state index contributed by atoms with van der Waals surface area (Å²) >= 11 is 0. The molecule has 2 aliphatic rings. The van der Waals surface area contributed by atoms with Gasteiger partial charge in [-0.2, -0.15) is 0 Å². The van der Waals surface area contributed by atoms with Crippen LogP contribution in [0.1, 0.15) is 56.9 Å². The Bertz CT molecular complexity index is 809. The highest BCUT2D eigenvalue weighted by Gasteiger charge is 2.35. The van der Waals surface area contributed by atoms with Crippen LogP contribution in [0.4, 0.5) is 4.39 Å². The van der Waals surface area contributed by atoms with Gasteiger partial charge in [-0.25, -0.2) is 17.5 Å². The predicted octanol–water partition coefficient (Wildman–Crippen LogP) is 2.80. The Morgan fingerprint density at radius 3 is 2.52 bits per heavy atom. The molecule has 0 spiro atoms. The molecule has 0 unspecified atom stereocenters. The fraction of sp³-hybridized carbons (Fsp3) is 0.667. The highest BCUT2D eigenvalue weighted by atomic mass is 32.2. The summed E-state index contributed by atoms with van der Waals surface area (Å²) in [5.41, 5.74) is 0.776. The topological polar surface area (TPSA) is 75.7 Å². The van der Waals surface area contributed by atoms with E-state index in [4.69, 9.17) is 4.74 Å². The predicted molar refractivity (Wildman–Crippen MR) is 110 cm³/mol. The van der Waals surface area contributed by atoms with Gasteiger partial charge in [0.2, 0.25) is 15.9 Å². The zero-order chi connectivity index (χ0) is 21.0. The van der Waals surface area contributed by atoms with Crippen molar-refractivity contribution < 1.29 is 22.3 Å². The Hall–Kier alpha value is -1.51. The maximum Gasteiger partial charge on any atom is 0.219 e. The molecule has 1 aliphatic carbocycles. The standard InChI is InChI=1S/C21H31FN2O4S/c1-15(25)24-13-5-8-20(23-29(2,26)27)21(24)14-28-17-11-9-16(10-12-17)18-6-3-4-7-19(18)22/h3-4,6-7,16-17,20-21,23H,5,8-14H2,1-2H3/t16-,17+,20-,21-/m0/s1. The summed E-state index contributed by atoms with van der Waals surface area (Å²) in [4.78, 5) is 13.8. The fourth-order valence-corrected chi connectivity index (χ4v) is 5.47. The van der Waals surface area contributed by atoms with Crippen molar-refractivity contribution in [3.63, 3.8) is 0 Å². The summed E-state index contributed by atoms with van der Waals surface area (Å²) in [6, 6.07) is 6.30. The number of hydrogen-bond donors (Lipinski definition) is 1. The highest BCUT2D eigenvalue weighted by Crippen LogP contribution is 2.35. The molecule has 1 aromatic carbocycles. The molecule has 3 rings (SSSR count). The second-order valence-electron chi connectivity index (χ2n) is 8.25. The molecule has 1 aliphatic heterocycles. The van der Waals surface area contributed by atoms with E-state index >= 15 is 0 Å². The van der Waals surface area contributed by atoms with Gasteiger partial charge in [0.25, 0.3) is 0 Å². The SMILES string of the molecule is CC(=O)N1CCC[C@H](NS(C)(=O)=O)[C@@H]1CO[C@H]1CC[C@@H](c2ccccc2F)CC1. The van der Waals surface area contributed by atoms with E-state index in [-0.39, 0.29) is 35.8 Å². The average molecular weight is 427 g/mol. The Labute approximate surface area is 172 Å². The van der Waals surface area contributed by atoms with Gasteiger partial charge in [-0.05, 0) is 56.1 Å². The van der Waals surface area contributed by atoms with Gasteiger partial charge in [0.05, 0.1) is 25.0 Å². The van der Waals surface area contributed by atoms with Gasteiger partial charge in [-0.15, -0.1) is 0 Å². The van der Waals surface area contributed by atoms with E-state index in [1.165, 1.54) is 13.0 Å². The molecule has 1 saturated heterocycles. The first-order valence-electron chi connectivity index (χ1n) is 10.3. The van der Waals surface area contributed by atoms with Crippen LogP contribution in [0.2, 0.25) is 0 Å². The Morgan fingerprint density at radius 2 is 1.90 bits per heavy atom. The largest absolute Gasteiger partial charge is 0.376 e. The lowest BCUT2D eigenvalue weighted by Crippen LogP contribution is -2.58. The summed E-state index contributed by atoms with van der Waals surface area (Å²) < 4.78 is 46.3. The molecule has 0 bridgehead atoms. The number of ether oxygens (including phenoxy) is 1. The van der Waals surface area contributed by atoms with Crippen LogP contribution in [0.3, 0.4) is 0 Å². The highest BCUT2D eigenvalue weighted by molar-refractivity contribution is 7.88. The number of nitrogens with zero attached hydrogens (tertiary/aromatic N) is 1. The minimum Gasteiger partial charge on any atom is -0.376 e. The number of sulfonamides is 1. The molecule has 0 radical (unpaired) electrons. The van der Waals surface area contributed by atoms with Gasteiger partial charge in [0.1, 0.15) is 5.82 Å². The molecule has 2 atom stereocenters. The molecule has 1 aromatic rings. The molecular weight excluding hydrogens is 395 g/mol. The summed E-state index contributed by atoms with van der Waals surface area (Å²) in [7, 11) is -3.37. The number of hydrogen-bond acceptors (Lipinski definition) is 4. The van der Waals surface area contributed by atoms with E-state index in [2.05, 4.69) is 4.72 Å². The van der Waals surface area contributed by atoms with Gasteiger partial charge < -0.3 is 9.64 Å². The van der Waals surface area contributed by atoms with E-state index in [1.54, 1.807) is 11.0 Å². The molecule has 29 heavy (non-hydrogen) atoms. The lowest BCUT2D eigenvalue weighted by atomic mass is 9.82. The Morgan fingerprint density at radius 1 is 1.21 bits per heavy atom. The summed E-state index contributed by atoms with van der Waals surface area (Å²) in [5, 5.41) is 0. The first-order chi connectivity index (χ1) is 13.7. The number of amides is 1. The maximum absolute atomic E-state index is 14.0. The van der Waals surface area contributed by atoms with Crippen molar-refractivity contribution >= 4 is 15.9 Å². The smallest absolute Gasteiger partial charge is 0.219 e. The number of benzene rings is 1. The molecule has 8 heteroatoms. The van der Waals surface area contributed by atoms with Crippen LogP contribution in [0, 0.1) is 5.82 Å². The van der Waals surface area contributed by atoms with Crippen LogP contribution < -0.4 is 4.72 Å². The average Bonchev–Trinajstić information content (AvgIpc) is 2.66. The van der Waals surface area contributed by atoms with Crippen molar-refractivity contribution in [2.45, 2.75) is 69.6 Å². The third kappa shape index (κ3) is 5.99. The number of carbonyl (C=O) groups is 1. The van der Waals surface area contributed by atoms with Crippen molar-refractivity contribution in [2.75, 3.05) is 19.4 Å². The van der Waals surface area contributed by atoms with Crippen LogP contribution in [0.15, 0.2) is 24.3 Å². The lowest BCUT2D eigenvalue weighted by molar-refractivity contribution is -0.136. The number of piperidine rings is 1. The van der Waals surface area contributed by atoms with Gasteiger partial charge in [0.15, 0.2) is 0 Å². The molecule has 1 saturated carbocycles. The molecule has 162 valence electrons. The summed E-state index contributed by atoms with van der Waals surface area (Å²) in [6.45, 7) is 2.43. The van der Waals surface area contributed by atoms with Crippen LogP contribution in [-0.2, 0) is 19.6 Å². The zero-order valence-corrected chi connectivity index (χ0v) is 18.0. The number of nitrogens with one attached hydrogen (secondary N) is 1. The second-order valence-corrected chi connectivity index (χ2v) is 10.0. The molecule has 6 nitrogen and oxygen atoms in total. The number of likely N-dealkylation sites (tertiary alicyclic amines) is 1. The van der Waals surface area contributed by atoms with Crippen molar-refractivity contribution in [2.24, 2.45) is 0 Å². The number of halogens is 1. The molecular formula is C21H31FN2O4S. The van der Waals surface area contributed by atoms with Crippen molar-refractivity contribution in [3.05, 3.63) is 35.6 Å². The third-order valence-corrected chi connectivity index (χ3v) is 6.80. The van der Waals surface area contributed by atoms with Gasteiger partial charge >= 0.3 is 0 Å². The first kappa shape index (κ1) is 22.2. The van der Waals surface area contributed by atoms with Crippen molar-refractivity contribution in [3.8, 4) is 0 Å². The third-order valence-electron chi connectivity index (χ3n) is 6.07. The monoisotopic (exact) mass is 426 g/mol. The van der Waals surface area contributed by atoms with Crippen LogP contribution in [0.25, 0.3) is 0 Å². The van der Waals surface area contributed by atoms with E-state index in [0.29, 0.717) is 19.6 Å². The van der Waals surface area contributed by atoms with E-state index < -0.39 is 10.0 Å². The van der Waals surface area contributed by atoms with Gasteiger partial charge in [-0.3, -0.25) is 4.79 Å². The van der Waals surface area contributed by atoms with Gasteiger partial charge in [-0.1, -0.05) is 18.2 Å². The summed E-state index contributed by atoms with van der Waals surface area (Å²) in [6.07, 6.45) is 6.01. The van der Waals surface area contributed by atoms with Crippen LogP contribution >= 0.6 is 0 Å². The quantitative estimate of drug-likeness (QED) is 0.759. The number of carbonyl (C=O) groups excluding carboxylic acids is 1. The summed E-state index contributed by atoms with van der Waals surface area (Å²) in [5.74, 6) is -0.00757. The zero-order valence-electron chi connectivity index (χ0n) is 17.1. The van der Waals surface area contributed by atoms with E-state index in [1.807, 2.05) is 12.1 Å². The Balaban J connectivity index is 1.58. The Kier molecular flexibility index (Phi) is 7.29. The molecule has 1 amide bonds. The molecule has 2 fully saturated rings. The lowest BCUT2D eigenvalue weighted by Gasteiger charge is -2.41. The van der Waals surface area contributed by atoms with Crippen LogP contribution in [-0.4, -0.2) is 56.8 Å². The van der Waals surface area contributed by atoms with Crippen molar-refractivity contribution in [1.82, 2.24) is 9.62 Å². The normalized spacial score (nSPS) is 28.3. The number of rotatable bonds is 6. The van der Waals surface area contributed by atoms with Gasteiger partial charge in [0, 0.05) is 19.5 Å². The first-order valence-corrected chi connectivity index (χ1v) is 12.2. The van der Waals surface area contributed by atoms with Crippen LogP contribution in [0.5, 0.6) is 0 Å². The van der Waals surface area contributed by atoms with E-state index in [9.17, 15) is 17.6 Å². The fourth-order valence-electron chi connectivity index (χ4n) is 4.65. The van der Waals surface area contributed by atoms with Crippen molar-refractivity contribution in [1.29, 1.82) is 0 Å². The second kappa shape index (κ2) is 9.53. The minimum atomic E-state index is -3.37. The molecule has 1 heterocycles. The molecule has 1 N–H and O–H groups in total. The molecule has 0 aromatic heterocycles.